The van der Waals surface area contributed by atoms with E-state index in [2.05, 4.69) is 20.7 Å². The van der Waals surface area contributed by atoms with Gasteiger partial charge in [-0.1, -0.05) is 5.21 Å². The predicted octanol–water partition coefficient (Wildman–Crippen LogP) is 0.648. The quantitative estimate of drug-likeness (QED) is 0.811. The standard InChI is InChI=1S/C15H22N6O2/c1-3-21-13-5-4-11(8-12(13)14(18-21)15(22)23)16-6-7-20-9-10(2)17-19-20/h9,11,16H,3-8H2,1-2H3,(H,22,23)/t11-/m0/s1. The van der Waals surface area contributed by atoms with Crippen molar-refractivity contribution in [3.63, 3.8) is 0 Å². The van der Waals surface area contributed by atoms with E-state index < -0.39 is 5.97 Å². The average Bonchev–Trinajstić information content (AvgIpc) is 3.10. The first-order chi connectivity index (χ1) is 11.1. The summed E-state index contributed by atoms with van der Waals surface area (Å²) in [6.45, 7) is 6.15. The molecule has 0 saturated carbocycles. The van der Waals surface area contributed by atoms with Crippen LogP contribution in [0.5, 0.6) is 0 Å². The second-order valence-corrected chi connectivity index (χ2v) is 5.91. The lowest BCUT2D eigenvalue weighted by Gasteiger charge is -2.24. The van der Waals surface area contributed by atoms with Crippen LogP contribution in [0, 0.1) is 6.92 Å². The molecular formula is C15H22N6O2. The maximum absolute atomic E-state index is 11.4. The Labute approximate surface area is 134 Å². The lowest BCUT2D eigenvalue weighted by molar-refractivity contribution is 0.0688. The summed E-state index contributed by atoms with van der Waals surface area (Å²) in [6.07, 6.45) is 4.49. The number of nitrogens with zero attached hydrogens (tertiary/aromatic N) is 5. The minimum atomic E-state index is -0.938. The van der Waals surface area contributed by atoms with Crippen molar-refractivity contribution in [3.05, 3.63) is 28.8 Å². The fourth-order valence-electron chi connectivity index (χ4n) is 3.18. The number of carbonyl (C=O) groups is 1. The lowest BCUT2D eigenvalue weighted by atomic mass is 9.91. The third-order valence-corrected chi connectivity index (χ3v) is 4.28. The van der Waals surface area contributed by atoms with Gasteiger partial charge in [-0.05, 0) is 33.1 Å². The van der Waals surface area contributed by atoms with Crippen LogP contribution in [0.25, 0.3) is 0 Å². The van der Waals surface area contributed by atoms with Crippen LogP contribution in [0.2, 0.25) is 0 Å². The van der Waals surface area contributed by atoms with Gasteiger partial charge in [0, 0.05) is 36.6 Å². The smallest absolute Gasteiger partial charge is 0.356 e. The molecule has 23 heavy (non-hydrogen) atoms. The van der Waals surface area contributed by atoms with Crippen LogP contribution in [0.1, 0.15) is 40.8 Å². The SMILES string of the molecule is CCn1nc(C(=O)O)c2c1CC[C@H](NCCn1cc(C)nn1)C2. The van der Waals surface area contributed by atoms with Crippen LogP contribution in [0.3, 0.4) is 0 Å². The van der Waals surface area contributed by atoms with Gasteiger partial charge in [0.05, 0.1) is 12.2 Å². The van der Waals surface area contributed by atoms with E-state index in [0.29, 0.717) is 13.0 Å². The largest absolute Gasteiger partial charge is 0.476 e. The van der Waals surface area contributed by atoms with Gasteiger partial charge < -0.3 is 10.4 Å². The lowest BCUT2D eigenvalue weighted by Crippen LogP contribution is -2.37. The molecule has 0 aliphatic heterocycles. The van der Waals surface area contributed by atoms with E-state index in [9.17, 15) is 9.90 Å². The van der Waals surface area contributed by atoms with Crippen LogP contribution in [-0.2, 0) is 25.9 Å². The van der Waals surface area contributed by atoms with Crippen LogP contribution in [0.4, 0.5) is 0 Å². The van der Waals surface area contributed by atoms with Crippen LogP contribution in [-0.4, -0.2) is 48.4 Å². The Morgan fingerprint density at radius 1 is 1.52 bits per heavy atom. The summed E-state index contributed by atoms with van der Waals surface area (Å²) < 4.78 is 3.64. The van der Waals surface area contributed by atoms with Gasteiger partial charge in [-0.15, -0.1) is 5.10 Å². The first kappa shape index (κ1) is 15.7. The summed E-state index contributed by atoms with van der Waals surface area (Å²) in [6, 6.07) is 0.278. The molecule has 0 unspecified atom stereocenters. The number of aromatic carboxylic acids is 1. The fraction of sp³-hybridized carbons (Fsp3) is 0.600. The Morgan fingerprint density at radius 2 is 2.35 bits per heavy atom. The van der Waals surface area contributed by atoms with Crippen LogP contribution < -0.4 is 5.32 Å². The molecule has 1 atom stereocenters. The number of aromatic nitrogens is 5. The zero-order chi connectivity index (χ0) is 16.4. The van der Waals surface area contributed by atoms with Crippen LogP contribution >= 0.6 is 0 Å². The number of aryl methyl sites for hydroxylation is 2. The number of rotatable bonds is 6. The topological polar surface area (TPSA) is 97.9 Å². The molecule has 0 amide bonds. The normalized spacial score (nSPS) is 17.2. The molecule has 3 rings (SSSR count). The summed E-state index contributed by atoms with van der Waals surface area (Å²) in [5, 5.41) is 25.1. The molecule has 2 heterocycles. The molecule has 0 spiro atoms. The maximum atomic E-state index is 11.4. The van der Waals surface area contributed by atoms with Gasteiger partial charge in [-0.2, -0.15) is 5.10 Å². The third kappa shape index (κ3) is 3.26. The van der Waals surface area contributed by atoms with Crippen molar-refractivity contribution in [1.82, 2.24) is 30.1 Å². The van der Waals surface area contributed by atoms with Crippen molar-refractivity contribution >= 4 is 5.97 Å². The Bertz CT molecular complexity index is 705. The number of nitrogens with one attached hydrogen (secondary N) is 1. The van der Waals surface area contributed by atoms with E-state index >= 15 is 0 Å². The van der Waals surface area contributed by atoms with E-state index in [1.165, 1.54) is 0 Å². The molecule has 0 saturated heterocycles. The van der Waals surface area contributed by atoms with Crippen molar-refractivity contribution in [3.8, 4) is 0 Å². The van der Waals surface area contributed by atoms with Crippen LogP contribution in [0.15, 0.2) is 6.20 Å². The van der Waals surface area contributed by atoms with Gasteiger partial charge in [0.1, 0.15) is 0 Å². The summed E-state index contributed by atoms with van der Waals surface area (Å²) >= 11 is 0. The molecule has 2 aromatic heterocycles. The second kappa shape index (κ2) is 6.49. The first-order valence-electron chi connectivity index (χ1n) is 8.00. The summed E-state index contributed by atoms with van der Waals surface area (Å²) in [5.41, 5.74) is 3.08. The molecule has 1 aliphatic rings. The Kier molecular flexibility index (Phi) is 4.42. The Balaban J connectivity index is 1.63. The molecule has 0 fully saturated rings. The van der Waals surface area contributed by atoms with Crippen molar-refractivity contribution in [1.29, 1.82) is 0 Å². The molecule has 0 aromatic carbocycles. The highest BCUT2D eigenvalue weighted by molar-refractivity contribution is 5.87. The van der Waals surface area contributed by atoms with Crippen molar-refractivity contribution < 1.29 is 9.90 Å². The highest BCUT2D eigenvalue weighted by Gasteiger charge is 2.28. The average molecular weight is 318 g/mol. The summed E-state index contributed by atoms with van der Waals surface area (Å²) in [4.78, 5) is 11.4. The number of fused-ring (bicyclic) bond motifs is 1. The van der Waals surface area contributed by atoms with E-state index in [0.717, 1.165) is 42.9 Å². The van der Waals surface area contributed by atoms with Gasteiger partial charge in [-0.3, -0.25) is 9.36 Å². The summed E-state index contributed by atoms with van der Waals surface area (Å²) in [7, 11) is 0. The molecule has 0 radical (unpaired) electrons. The van der Waals surface area contributed by atoms with E-state index in [1.807, 2.05) is 29.4 Å². The number of hydrogen-bond donors (Lipinski definition) is 2. The van der Waals surface area contributed by atoms with Crippen molar-refractivity contribution in [2.75, 3.05) is 6.54 Å². The zero-order valence-corrected chi connectivity index (χ0v) is 13.5. The molecule has 8 nitrogen and oxygen atoms in total. The number of carboxylic acid groups (broad SMARTS) is 1. The number of carboxylic acids is 1. The highest BCUT2D eigenvalue weighted by Crippen LogP contribution is 2.25. The van der Waals surface area contributed by atoms with Crippen molar-refractivity contribution in [2.24, 2.45) is 0 Å². The molecule has 1 aliphatic carbocycles. The highest BCUT2D eigenvalue weighted by atomic mass is 16.4. The van der Waals surface area contributed by atoms with E-state index in [1.54, 1.807) is 0 Å². The van der Waals surface area contributed by atoms with E-state index in [-0.39, 0.29) is 11.7 Å². The zero-order valence-electron chi connectivity index (χ0n) is 13.5. The van der Waals surface area contributed by atoms with Gasteiger partial charge in [-0.25, -0.2) is 4.79 Å². The Hall–Kier alpha value is -2.22. The molecule has 2 N–H and O–H groups in total. The van der Waals surface area contributed by atoms with Crippen molar-refractivity contribution in [2.45, 2.75) is 52.2 Å². The minimum absolute atomic E-state index is 0.209. The second-order valence-electron chi connectivity index (χ2n) is 5.91. The molecule has 2 aromatic rings. The minimum Gasteiger partial charge on any atom is -0.476 e. The summed E-state index contributed by atoms with van der Waals surface area (Å²) in [5.74, 6) is -0.938. The number of hydrogen-bond acceptors (Lipinski definition) is 5. The molecule has 124 valence electrons. The Morgan fingerprint density at radius 3 is 3.00 bits per heavy atom. The van der Waals surface area contributed by atoms with E-state index in [4.69, 9.17) is 0 Å². The molecule has 8 heteroatoms. The molecular weight excluding hydrogens is 296 g/mol. The van der Waals surface area contributed by atoms with Gasteiger partial charge >= 0.3 is 5.97 Å². The molecule has 0 bridgehead atoms. The van der Waals surface area contributed by atoms with Gasteiger partial charge in [0.25, 0.3) is 0 Å². The fourth-order valence-corrected chi connectivity index (χ4v) is 3.18. The third-order valence-electron chi connectivity index (χ3n) is 4.28. The first-order valence-corrected chi connectivity index (χ1v) is 8.00. The predicted molar refractivity (Wildman–Crippen MR) is 83.4 cm³/mol. The van der Waals surface area contributed by atoms with Gasteiger partial charge in [0.2, 0.25) is 0 Å². The maximum Gasteiger partial charge on any atom is 0.356 e. The monoisotopic (exact) mass is 318 g/mol. The van der Waals surface area contributed by atoms with Gasteiger partial charge in [0.15, 0.2) is 5.69 Å².